The van der Waals surface area contributed by atoms with Gasteiger partial charge in [-0.05, 0) is 36.3 Å². The Balaban J connectivity index is 2.29. The van der Waals surface area contributed by atoms with E-state index in [1.54, 1.807) is 0 Å². The minimum absolute atomic E-state index is 0.513. The number of aliphatic carboxylic acids is 1. The molecule has 0 aliphatic heterocycles. The van der Waals surface area contributed by atoms with Crippen LogP contribution in [0.3, 0.4) is 0 Å². The highest BCUT2D eigenvalue weighted by Gasteiger charge is 2.30. The highest BCUT2D eigenvalue weighted by Crippen LogP contribution is 2.31. The number of ether oxygens (including phenoxy) is 1. The van der Waals surface area contributed by atoms with Gasteiger partial charge in [0.1, 0.15) is 11.9 Å². The Bertz CT molecular complexity index is 571. The molecule has 0 saturated heterocycles. The molecule has 22 heavy (non-hydrogen) atoms. The Hall–Kier alpha value is -1.94. The normalized spacial score (nSPS) is 13.3. The van der Waals surface area contributed by atoms with E-state index in [-0.39, 0.29) is 0 Å². The van der Waals surface area contributed by atoms with Crippen molar-refractivity contribution in [1.82, 2.24) is 0 Å². The fourth-order valence-corrected chi connectivity index (χ4v) is 2.57. The Kier molecular flexibility index (Phi) is 6.34. The summed E-state index contributed by atoms with van der Waals surface area (Å²) in [7, 11) is 0. The van der Waals surface area contributed by atoms with Gasteiger partial charge in [-0.25, -0.2) is 0 Å². The summed E-state index contributed by atoms with van der Waals surface area (Å²) in [5.74, 6) is -0.105. The van der Waals surface area contributed by atoms with E-state index in [4.69, 9.17) is 4.74 Å². The van der Waals surface area contributed by atoms with Gasteiger partial charge >= 0.3 is 5.97 Å². The second-order valence-corrected chi connectivity index (χ2v) is 5.52. The monoisotopic (exact) mass is 316 g/mol. The summed E-state index contributed by atoms with van der Waals surface area (Å²) in [6.45, 7) is 0. The molecule has 2 aromatic rings. The fraction of sp³-hybridized carbons (Fsp3) is 0.278. The number of carboxylic acids is 1. The van der Waals surface area contributed by atoms with Gasteiger partial charge in [0.25, 0.3) is 0 Å². The molecule has 0 radical (unpaired) electrons. The highest BCUT2D eigenvalue weighted by atomic mass is 32.1. The SMILES string of the molecule is O=C(O)C(CCCS)C(Oc1ccccc1)c1ccccc1. The van der Waals surface area contributed by atoms with E-state index < -0.39 is 18.0 Å². The van der Waals surface area contributed by atoms with Crippen molar-refractivity contribution < 1.29 is 14.6 Å². The number of para-hydroxylation sites is 1. The first kappa shape index (κ1) is 16.4. The van der Waals surface area contributed by atoms with Crippen LogP contribution in [0.15, 0.2) is 60.7 Å². The van der Waals surface area contributed by atoms with Crippen LogP contribution in [-0.2, 0) is 4.79 Å². The van der Waals surface area contributed by atoms with E-state index in [9.17, 15) is 9.90 Å². The van der Waals surface area contributed by atoms with Crippen LogP contribution in [0.4, 0.5) is 0 Å². The van der Waals surface area contributed by atoms with Crippen molar-refractivity contribution in [2.45, 2.75) is 18.9 Å². The van der Waals surface area contributed by atoms with Gasteiger partial charge in [0.15, 0.2) is 0 Å². The van der Waals surface area contributed by atoms with Crippen LogP contribution in [0.1, 0.15) is 24.5 Å². The third-order valence-corrected chi connectivity index (χ3v) is 3.81. The first-order valence-electron chi connectivity index (χ1n) is 7.32. The average Bonchev–Trinajstić information content (AvgIpc) is 2.55. The lowest BCUT2D eigenvalue weighted by molar-refractivity contribution is -0.145. The predicted molar refractivity (Wildman–Crippen MR) is 90.5 cm³/mol. The number of rotatable bonds is 8. The number of benzene rings is 2. The van der Waals surface area contributed by atoms with Crippen LogP contribution in [0.5, 0.6) is 5.75 Å². The number of carboxylic acid groups (broad SMARTS) is 1. The van der Waals surface area contributed by atoms with Crippen molar-refractivity contribution in [3.63, 3.8) is 0 Å². The molecule has 0 bridgehead atoms. The second kappa shape index (κ2) is 8.49. The lowest BCUT2D eigenvalue weighted by Gasteiger charge is -2.25. The van der Waals surface area contributed by atoms with Gasteiger partial charge in [0.05, 0.1) is 5.92 Å². The fourth-order valence-electron chi connectivity index (χ4n) is 2.39. The summed E-state index contributed by atoms with van der Waals surface area (Å²) in [6, 6.07) is 18.9. The topological polar surface area (TPSA) is 46.5 Å². The van der Waals surface area contributed by atoms with Crippen LogP contribution >= 0.6 is 12.6 Å². The summed E-state index contributed by atoms with van der Waals surface area (Å²) < 4.78 is 6.02. The van der Waals surface area contributed by atoms with Gasteiger partial charge in [-0.2, -0.15) is 12.6 Å². The number of thiol groups is 1. The quantitative estimate of drug-likeness (QED) is 0.717. The minimum Gasteiger partial charge on any atom is -0.485 e. The molecule has 0 fully saturated rings. The summed E-state index contributed by atoms with van der Waals surface area (Å²) in [5, 5.41) is 9.60. The van der Waals surface area contributed by atoms with E-state index in [0.717, 1.165) is 12.0 Å². The Labute approximate surface area is 136 Å². The molecule has 0 heterocycles. The molecule has 2 rings (SSSR count). The smallest absolute Gasteiger partial charge is 0.310 e. The van der Waals surface area contributed by atoms with Crippen LogP contribution in [0.2, 0.25) is 0 Å². The molecule has 0 saturated carbocycles. The Morgan fingerprint density at radius 3 is 2.18 bits per heavy atom. The van der Waals surface area contributed by atoms with Gasteiger partial charge in [-0.1, -0.05) is 48.5 Å². The molecule has 0 aliphatic rings. The van der Waals surface area contributed by atoms with Crippen molar-refractivity contribution in [3.8, 4) is 5.75 Å². The molecule has 2 atom stereocenters. The zero-order valence-corrected chi connectivity index (χ0v) is 13.2. The molecule has 3 nitrogen and oxygen atoms in total. The van der Waals surface area contributed by atoms with Crippen LogP contribution in [0, 0.1) is 5.92 Å². The lowest BCUT2D eigenvalue weighted by atomic mass is 9.91. The second-order valence-electron chi connectivity index (χ2n) is 5.07. The van der Waals surface area contributed by atoms with Crippen molar-refractivity contribution >= 4 is 18.6 Å². The van der Waals surface area contributed by atoms with Gasteiger partial charge < -0.3 is 9.84 Å². The molecule has 0 aliphatic carbocycles. The van der Waals surface area contributed by atoms with Crippen LogP contribution < -0.4 is 4.74 Å². The number of hydrogen-bond acceptors (Lipinski definition) is 3. The minimum atomic E-state index is -0.841. The van der Waals surface area contributed by atoms with Gasteiger partial charge in [-0.15, -0.1) is 0 Å². The van der Waals surface area contributed by atoms with E-state index in [2.05, 4.69) is 12.6 Å². The average molecular weight is 316 g/mol. The maximum atomic E-state index is 11.7. The van der Waals surface area contributed by atoms with Crippen molar-refractivity contribution in [1.29, 1.82) is 0 Å². The molecule has 1 N–H and O–H groups in total. The standard InChI is InChI=1S/C18H20O3S/c19-18(20)16(12-7-13-22)17(14-8-3-1-4-9-14)21-15-10-5-2-6-11-15/h1-6,8-11,16-17,22H,7,12-13H2,(H,19,20). The Morgan fingerprint density at radius 1 is 1.05 bits per heavy atom. The summed E-state index contributed by atoms with van der Waals surface area (Å²) in [4.78, 5) is 11.7. The zero-order valence-electron chi connectivity index (χ0n) is 12.3. The molecule has 0 aromatic heterocycles. The number of carbonyl (C=O) groups is 1. The largest absolute Gasteiger partial charge is 0.485 e. The van der Waals surface area contributed by atoms with Crippen molar-refractivity contribution in [3.05, 3.63) is 66.2 Å². The summed E-state index contributed by atoms with van der Waals surface area (Å²) in [5.41, 5.74) is 0.873. The lowest BCUT2D eigenvalue weighted by Crippen LogP contribution is -2.26. The molecule has 2 aromatic carbocycles. The third kappa shape index (κ3) is 4.53. The van der Waals surface area contributed by atoms with Crippen molar-refractivity contribution in [2.24, 2.45) is 5.92 Å². The molecular weight excluding hydrogens is 296 g/mol. The maximum Gasteiger partial charge on any atom is 0.310 e. The summed E-state index contributed by atoms with van der Waals surface area (Å²) in [6.07, 6.45) is 0.758. The third-order valence-electron chi connectivity index (χ3n) is 3.49. The van der Waals surface area contributed by atoms with E-state index >= 15 is 0 Å². The maximum absolute atomic E-state index is 11.7. The predicted octanol–water partition coefficient (Wildman–Crippen LogP) is 4.22. The molecular formula is C18H20O3S. The molecule has 0 amide bonds. The zero-order chi connectivity index (χ0) is 15.8. The molecule has 0 spiro atoms. The van der Waals surface area contributed by atoms with E-state index in [1.807, 2.05) is 60.7 Å². The van der Waals surface area contributed by atoms with E-state index in [1.165, 1.54) is 0 Å². The Morgan fingerprint density at radius 2 is 1.64 bits per heavy atom. The molecule has 116 valence electrons. The van der Waals surface area contributed by atoms with Gasteiger partial charge in [0.2, 0.25) is 0 Å². The van der Waals surface area contributed by atoms with Gasteiger partial charge in [-0.3, -0.25) is 4.79 Å². The van der Waals surface area contributed by atoms with Crippen molar-refractivity contribution in [2.75, 3.05) is 5.75 Å². The van der Waals surface area contributed by atoms with E-state index in [0.29, 0.717) is 17.9 Å². The van der Waals surface area contributed by atoms with Crippen LogP contribution in [-0.4, -0.2) is 16.8 Å². The molecule has 2 unspecified atom stereocenters. The number of hydrogen-bond donors (Lipinski definition) is 2. The first-order valence-corrected chi connectivity index (χ1v) is 7.96. The highest BCUT2D eigenvalue weighted by molar-refractivity contribution is 7.80. The van der Waals surface area contributed by atoms with Crippen LogP contribution in [0.25, 0.3) is 0 Å². The molecule has 4 heteroatoms. The first-order chi connectivity index (χ1) is 10.7. The summed E-state index contributed by atoms with van der Waals surface area (Å²) >= 11 is 4.18. The van der Waals surface area contributed by atoms with Gasteiger partial charge in [0, 0.05) is 0 Å².